The van der Waals surface area contributed by atoms with E-state index in [4.69, 9.17) is 0 Å². The molecule has 0 saturated heterocycles. The Kier molecular flexibility index (Phi) is 4.26. The topological polar surface area (TPSA) is 44.3 Å². The van der Waals surface area contributed by atoms with Gasteiger partial charge in [0.1, 0.15) is 0 Å². The summed E-state index contributed by atoms with van der Waals surface area (Å²) < 4.78 is 2.07. The van der Waals surface area contributed by atoms with Crippen LogP contribution < -0.4 is 10.0 Å². The van der Waals surface area contributed by atoms with Gasteiger partial charge in [-0.2, -0.15) is 0 Å². The van der Waals surface area contributed by atoms with Crippen LogP contribution in [0.2, 0.25) is 0 Å². The van der Waals surface area contributed by atoms with Crippen molar-refractivity contribution in [2.24, 2.45) is 0 Å². The van der Waals surface area contributed by atoms with Gasteiger partial charge >= 0.3 is 7.12 Å². The summed E-state index contributed by atoms with van der Waals surface area (Å²) in [6.07, 6.45) is 4.11. The number of pyridine rings is 1. The zero-order chi connectivity index (χ0) is 14.8. The molecule has 0 atom stereocenters. The maximum absolute atomic E-state index is 9.41. The van der Waals surface area contributed by atoms with Gasteiger partial charge in [-0.05, 0) is 16.9 Å². The number of aromatic nitrogens is 1. The average molecular weight is 270 g/mol. The largest absolute Gasteiger partial charge is 0.488 e. The van der Waals surface area contributed by atoms with Crippen molar-refractivity contribution in [3.05, 3.63) is 59.9 Å². The summed E-state index contributed by atoms with van der Waals surface area (Å²) in [5.74, 6) is 0. The van der Waals surface area contributed by atoms with E-state index in [2.05, 4.69) is 37.6 Å². The minimum Gasteiger partial charge on any atom is -0.423 e. The highest BCUT2D eigenvalue weighted by Gasteiger charge is 2.20. The average Bonchev–Trinajstić information content (AvgIpc) is 2.38. The molecule has 0 spiro atoms. The van der Waals surface area contributed by atoms with Gasteiger partial charge < -0.3 is 10.0 Å². The predicted molar refractivity (Wildman–Crippen MR) is 80.7 cm³/mol. The third-order valence-electron chi connectivity index (χ3n) is 3.41. The van der Waals surface area contributed by atoms with E-state index < -0.39 is 7.12 Å². The van der Waals surface area contributed by atoms with Crippen molar-refractivity contribution >= 4 is 12.6 Å². The van der Waals surface area contributed by atoms with Crippen LogP contribution in [0.1, 0.15) is 31.9 Å². The number of hydrogen-bond donors (Lipinski definition) is 2. The van der Waals surface area contributed by atoms with E-state index in [9.17, 15) is 10.0 Å². The third-order valence-corrected chi connectivity index (χ3v) is 3.41. The highest BCUT2D eigenvalue weighted by Crippen LogP contribution is 2.19. The highest BCUT2D eigenvalue weighted by atomic mass is 16.4. The van der Waals surface area contributed by atoms with Crippen LogP contribution in [0.4, 0.5) is 0 Å². The van der Waals surface area contributed by atoms with Crippen LogP contribution in [0.15, 0.2) is 48.8 Å². The second kappa shape index (κ2) is 5.77. The first-order valence-electron chi connectivity index (χ1n) is 6.81. The standard InChI is InChI=1S/C16H21BNO2/c1-16(2,3)14-8-6-10-18(12-14)11-13-7-4-5-9-15(13)17(19)20/h4-10,12,19-20H,11H2,1-3H3/q+1. The smallest absolute Gasteiger partial charge is 0.423 e. The molecule has 3 nitrogen and oxygen atoms in total. The Morgan fingerprint density at radius 1 is 1.05 bits per heavy atom. The van der Waals surface area contributed by atoms with Gasteiger partial charge in [0.2, 0.25) is 0 Å². The summed E-state index contributed by atoms with van der Waals surface area (Å²) in [5.41, 5.74) is 2.82. The van der Waals surface area contributed by atoms with E-state index in [-0.39, 0.29) is 5.41 Å². The Balaban J connectivity index is 2.31. The van der Waals surface area contributed by atoms with Gasteiger partial charge in [-0.3, -0.25) is 0 Å². The van der Waals surface area contributed by atoms with Crippen LogP contribution >= 0.6 is 0 Å². The zero-order valence-electron chi connectivity index (χ0n) is 12.2. The zero-order valence-corrected chi connectivity index (χ0v) is 12.2. The Hall–Kier alpha value is -1.65. The Morgan fingerprint density at radius 3 is 2.40 bits per heavy atom. The fourth-order valence-electron chi connectivity index (χ4n) is 2.19. The minimum absolute atomic E-state index is 0.0963. The SMILES string of the molecule is CC(C)(C)c1ccc[n+](Cc2ccccc2B(O)O)c1. The lowest BCUT2D eigenvalue weighted by molar-refractivity contribution is -0.688. The molecule has 0 saturated carbocycles. The van der Waals surface area contributed by atoms with Crippen molar-refractivity contribution in [2.75, 3.05) is 0 Å². The van der Waals surface area contributed by atoms with E-state index in [0.717, 1.165) is 5.56 Å². The van der Waals surface area contributed by atoms with Crippen LogP contribution in [-0.2, 0) is 12.0 Å². The molecule has 1 heterocycles. The van der Waals surface area contributed by atoms with Gasteiger partial charge in [-0.15, -0.1) is 0 Å². The quantitative estimate of drug-likeness (QED) is 0.645. The second-order valence-electron chi connectivity index (χ2n) is 6.09. The Bertz CT molecular complexity index is 591. The predicted octanol–water partition coefficient (Wildman–Crippen LogP) is 1.000. The molecular formula is C16H21BNO2+. The number of hydrogen-bond acceptors (Lipinski definition) is 2. The summed E-state index contributed by atoms with van der Waals surface area (Å²) >= 11 is 0. The van der Waals surface area contributed by atoms with Gasteiger partial charge in [-0.25, -0.2) is 4.57 Å². The Labute approximate surface area is 120 Å². The van der Waals surface area contributed by atoms with Crippen LogP contribution in [0.25, 0.3) is 0 Å². The molecule has 0 aliphatic carbocycles. The van der Waals surface area contributed by atoms with E-state index in [1.807, 2.05) is 30.5 Å². The normalized spacial score (nSPS) is 11.4. The molecule has 0 bridgehead atoms. The van der Waals surface area contributed by atoms with Crippen LogP contribution in [-0.4, -0.2) is 17.2 Å². The van der Waals surface area contributed by atoms with E-state index >= 15 is 0 Å². The van der Waals surface area contributed by atoms with Crippen LogP contribution in [0.3, 0.4) is 0 Å². The molecule has 0 unspecified atom stereocenters. The lowest BCUT2D eigenvalue weighted by Gasteiger charge is -2.17. The summed E-state index contributed by atoms with van der Waals surface area (Å²) in [6.45, 7) is 7.16. The summed E-state index contributed by atoms with van der Waals surface area (Å²) in [5, 5.41) is 18.8. The molecule has 0 aliphatic heterocycles. The molecule has 104 valence electrons. The summed E-state index contributed by atoms with van der Waals surface area (Å²) in [4.78, 5) is 0. The molecule has 2 aromatic rings. The highest BCUT2D eigenvalue weighted by molar-refractivity contribution is 6.59. The van der Waals surface area contributed by atoms with Gasteiger partial charge in [0.25, 0.3) is 0 Å². The molecule has 0 amide bonds. The summed E-state index contributed by atoms with van der Waals surface area (Å²) in [6, 6.07) is 11.5. The van der Waals surface area contributed by atoms with Crippen molar-refractivity contribution < 1.29 is 14.6 Å². The fraction of sp³-hybridized carbons (Fsp3) is 0.312. The van der Waals surface area contributed by atoms with Crippen molar-refractivity contribution in [2.45, 2.75) is 32.7 Å². The van der Waals surface area contributed by atoms with Crippen molar-refractivity contribution in [1.82, 2.24) is 0 Å². The lowest BCUT2D eigenvalue weighted by atomic mass is 9.77. The van der Waals surface area contributed by atoms with Gasteiger partial charge in [0.15, 0.2) is 18.9 Å². The Morgan fingerprint density at radius 2 is 1.75 bits per heavy atom. The van der Waals surface area contributed by atoms with Gasteiger partial charge in [0, 0.05) is 17.2 Å². The van der Waals surface area contributed by atoms with Crippen LogP contribution in [0.5, 0.6) is 0 Å². The molecule has 1 aromatic carbocycles. The van der Waals surface area contributed by atoms with Crippen molar-refractivity contribution in [1.29, 1.82) is 0 Å². The van der Waals surface area contributed by atoms with E-state index in [1.54, 1.807) is 6.07 Å². The monoisotopic (exact) mass is 270 g/mol. The number of benzene rings is 1. The van der Waals surface area contributed by atoms with Gasteiger partial charge in [0.05, 0.1) is 0 Å². The molecule has 0 fully saturated rings. The van der Waals surface area contributed by atoms with Crippen molar-refractivity contribution in [3.63, 3.8) is 0 Å². The molecule has 1 aromatic heterocycles. The molecule has 2 rings (SSSR count). The maximum Gasteiger partial charge on any atom is 0.488 e. The molecule has 0 aliphatic rings. The van der Waals surface area contributed by atoms with Gasteiger partial charge in [-0.1, -0.05) is 45.0 Å². The van der Waals surface area contributed by atoms with E-state index in [1.165, 1.54) is 5.56 Å². The lowest BCUT2D eigenvalue weighted by Crippen LogP contribution is -2.41. The molecule has 4 heteroatoms. The number of rotatable bonds is 3. The fourth-order valence-corrected chi connectivity index (χ4v) is 2.19. The maximum atomic E-state index is 9.41. The molecule has 0 radical (unpaired) electrons. The van der Waals surface area contributed by atoms with Crippen molar-refractivity contribution in [3.8, 4) is 0 Å². The minimum atomic E-state index is -1.43. The molecule has 20 heavy (non-hydrogen) atoms. The third kappa shape index (κ3) is 3.47. The van der Waals surface area contributed by atoms with Crippen LogP contribution in [0, 0.1) is 0 Å². The molecular weight excluding hydrogens is 249 g/mol. The van der Waals surface area contributed by atoms with E-state index in [0.29, 0.717) is 12.0 Å². The first kappa shape index (κ1) is 14.8. The molecule has 2 N–H and O–H groups in total. The first-order valence-corrected chi connectivity index (χ1v) is 6.81. The first-order chi connectivity index (χ1) is 9.38. The second-order valence-corrected chi connectivity index (χ2v) is 6.09. The number of nitrogens with zero attached hydrogens (tertiary/aromatic N) is 1. The summed E-state index contributed by atoms with van der Waals surface area (Å²) in [7, 11) is -1.43.